The molecule has 0 saturated heterocycles. The quantitative estimate of drug-likeness (QED) is 0.282. The van der Waals surface area contributed by atoms with Crippen LogP contribution < -0.4 is 10.1 Å². The van der Waals surface area contributed by atoms with Crippen LogP contribution in [0.1, 0.15) is 24.0 Å². The van der Waals surface area contributed by atoms with Gasteiger partial charge in [-0.2, -0.15) is 0 Å². The summed E-state index contributed by atoms with van der Waals surface area (Å²) in [5.74, 6) is -0.377. The zero-order valence-electron chi connectivity index (χ0n) is 16.1. The molecule has 0 aromatic heterocycles. The number of nitro groups is 1. The van der Waals surface area contributed by atoms with E-state index in [4.69, 9.17) is 21.1 Å². The van der Waals surface area contributed by atoms with Crippen LogP contribution in [0.15, 0.2) is 36.4 Å². The standard InChI is InChI=1S/C20H21ClN2O6/c1-13-11-16(6-7-17(13)21)28-9-3-4-20(25)29-12-19(24)22-18-8-5-15(23(26)27)10-14(18)2/h5-8,10-11H,3-4,9,12H2,1-2H3,(H,22,24). The van der Waals surface area contributed by atoms with Crippen molar-refractivity contribution < 1.29 is 24.0 Å². The van der Waals surface area contributed by atoms with Crippen LogP contribution in [-0.4, -0.2) is 30.0 Å². The lowest BCUT2D eigenvalue weighted by atomic mass is 10.2. The first kappa shape index (κ1) is 22.2. The van der Waals surface area contributed by atoms with E-state index in [1.165, 1.54) is 18.2 Å². The van der Waals surface area contributed by atoms with E-state index in [-0.39, 0.29) is 12.1 Å². The number of benzene rings is 2. The lowest BCUT2D eigenvalue weighted by Crippen LogP contribution is -2.21. The number of non-ortho nitro benzene ring substituents is 1. The van der Waals surface area contributed by atoms with Crippen molar-refractivity contribution in [3.63, 3.8) is 0 Å². The Morgan fingerprint density at radius 2 is 1.90 bits per heavy atom. The molecule has 0 bridgehead atoms. The molecule has 1 amide bonds. The number of carbonyl (C=O) groups excluding carboxylic acids is 2. The third-order valence-corrected chi connectivity index (χ3v) is 4.41. The number of amides is 1. The highest BCUT2D eigenvalue weighted by Gasteiger charge is 2.12. The van der Waals surface area contributed by atoms with Crippen LogP contribution in [0, 0.1) is 24.0 Å². The van der Waals surface area contributed by atoms with E-state index in [0.29, 0.717) is 35.1 Å². The number of nitrogens with zero attached hydrogens (tertiary/aromatic N) is 1. The first-order valence-electron chi connectivity index (χ1n) is 8.85. The maximum absolute atomic E-state index is 11.9. The van der Waals surface area contributed by atoms with Gasteiger partial charge in [-0.05, 0) is 55.7 Å². The zero-order valence-corrected chi connectivity index (χ0v) is 16.8. The Hall–Kier alpha value is -3.13. The molecule has 0 spiro atoms. The molecular weight excluding hydrogens is 400 g/mol. The Bertz CT molecular complexity index is 916. The predicted molar refractivity (Wildman–Crippen MR) is 108 cm³/mol. The number of carbonyl (C=O) groups is 2. The summed E-state index contributed by atoms with van der Waals surface area (Å²) >= 11 is 5.95. The fourth-order valence-electron chi connectivity index (χ4n) is 2.42. The Kier molecular flexibility index (Phi) is 7.97. The molecule has 2 aromatic carbocycles. The second-order valence-corrected chi connectivity index (χ2v) is 6.74. The van der Waals surface area contributed by atoms with Crippen molar-refractivity contribution in [2.24, 2.45) is 0 Å². The Morgan fingerprint density at radius 1 is 1.14 bits per heavy atom. The summed E-state index contributed by atoms with van der Waals surface area (Å²) < 4.78 is 10.5. The van der Waals surface area contributed by atoms with Crippen molar-refractivity contribution in [2.45, 2.75) is 26.7 Å². The number of esters is 1. The molecule has 0 radical (unpaired) electrons. The summed E-state index contributed by atoms with van der Waals surface area (Å²) in [5, 5.41) is 13.9. The number of halogens is 1. The maximum Gasteiger partial charge on any atom is 0.306 e. The van der Waals surface area contributed by atoms with Crippen LogP contribution in [0.3, 0.4) is 0 Å². The van der Waals surface area contributed by atoms with Crippen molar-refractivity contribution in [1.29, 1.82) is 0 Å². The van der Waals surface area contributed by atoms with Gasteiger partial charge in [0.25, 0.3) is 11.6 Å². The van der Waals surface area contributed by atoms with E-state index < -0.39 is 23.4 Å². The van der Waals surface area contributed by atoms with Crippen LogP contribution in [0.5, 0.6) is 5.75 Å². The molecule has 0 heterocycles. The zero-order chi connectivity index (χ0) is 21.4. The van der Waals surface area contributed by atoms with E-state index in [1.807, 2.05) is 13.0 Å². The Labute approximate surface area is 172 Å². The first-order valence-corrected chi connectivity index (χ1v) is 9.23. The molecule has 29 heavy (non-hydrogen) atoms. The van der Waals surface area contributed by atoms with Gasteiger partial charge < -0.3 is 14.8 Å². The molecule has 0 saturated carbocycles. The van der Waals surface area contributed by atoms with Crippen molar-refractivity contribution in [1.82, 2.24) is 0 Å². The second kappa shape index (κ2) is 10.4. The van der Waals surface area contributed by atoms with Crippen LogP contribution in [-0.2, 0) is 14.3 Å². The number of hydrogen-bond donors (Lipinski definition) is 1. The predicted octanol–water partition coefficient (Wildman–Crippen LogP) is 4.21. The minimum atomic E-state index is -0.525. The van der Waals surface area contributed by atoms with Crippen LogP contribution in [0.25, 0.3) is 0 Å². The minimum absolute atomic E-state index is 0.0668. The average molecular weight is 421 g/mol. The van der Waals surface area contributed by atoms with Crippen molar-refractivity contribution in [2.75, 3.05) is 18.5 Å². The molecule has 154 valence electrons. The normalized spacial score (nSPS) is 10.3. The topological polar surface area (TPSA) is 108 Å². The lowest BCUT2D eigenvalue weighted by Gasteiger charge is -2.09. The largest absolute Gasteiger partial charge is 0.494 e. The number of anilines is 1. The average Bonchev–Trinajstić information content (AvgIpc) is 2.67. The molecule has 0 atom stereocenters. The van der Waals surface area contributed by atoms with E-state index in [2.05, 4.69) is 5.32 Å². The van der Waals surface area contributed by atoms with Gasteiger partial charge in [0.1, 0.15) is 5.75 Å². The van der Waals surface area contributed by atoms with Gasteiger partial charge in [0.05, 0.1) is 11.5 Å². The Balaban J connectivity index is 1.68. The monoisotopic (exact) mass is 420 g/mol. The molecule has 0 fully saturated rings. The lowest BCUT2D eigenvalue weighted by molar-refractivity contribution is -0.384. The molecule has 0 aliphatic carbocycles. The SMILES string of the molecule is Cc1cc(OCCCC(=O)OCC(=O)Nc2ccc([N+](=O)[O-])cc2C)ccc1Cl. The van der Waals surface area contributed by atoms with Crippen LogP contribution in [0.2, 0.25) is 5.02 Å². The molecule has 1 N–H and O–H groups in total. The number of rotatable bonds is 9. The first-order chi connectivity index (χ1) is 13.8. The summed E-state index contributed by atoms with van der Waals surface area (Å²) in [6.07, 6.45) is 0.542. The molecule has 0 unspecified atom stereocenters. The molecule has 0 aliphatic heterocycles. The van der Waals surface area contributed by atoms with Gasteiger partial charge in [-0.1, -0.05) is 11.6 Å². The van der Waals surface area contributed by atoms with E-state index in [9.17, 15) is 19.7 Å². The third kappa shape index (κ3) is 7.08. The van der Waals surface area contributed by atoms with Gasteiger partial charge in [0.2, 0.25) is 0 Å². The highest BCUT2D eigenvalue weighted by molar-refractivity contribution is 6.31. The third-order valence-electron chi connectivity index (χ3n) is 3.98. The van der Waals surface area contributed by atoms with Gasteiger partial charge in [0.15, 0.2) is 6.61 Å². The number of nitro benzene ring substituents is 1. The molecule has 2 rings (SSSR count). The van der Waals surface area contributed by atoms with Gasteiger partial charge in [0, 0.05) is 29.3 Å². The van der Waals surface area contributed by atoms with Gasteiger partial charge in [-0.15, -0.1) is 0 Å². The van der Waals surface area contributed by atoms with Gasteiger partial charge in [-0.3, -0.25) is 19.7 Å². The fourth-order valence-corrected chi connectivity index (χ4v) is 2.54. The van der Waals surface area contributed by atoms with Crippen molar-refractivity contribution in [3.05, 3.63) is 62.7 Å². The summed E-state index contributed by atoms with van der Waals surface area (Å²) in [5.41, 5.74) is 1.79. The summed E-state index contributed by atoms with van der Waals surface area (Å²) in [4.78, 5) is 33.9. The number of nitrogens with one attached hydrogen (secondary N) is 1. The fraction of sp³-hybridized carbons (Fsp3) is 0.300. The van der Waals surface area contributed by atoms with E-state index in [1.54, 1.807) is 19.1 Å². The minimum Gasteiger partial charge on any atom is -0.494 e. The molecule has 0 aliphatic rings. The summed E-state index contributed by atoms with van der Waals surface area (Å²) in [7, 11) is 0. The van der Waals surface area contributed by atoms with Gasteiger partial charge >= 0.3 is 5.97 Å². The second-order valence-electron chi connectivity index (χ2n) is 6.33. The van der Waals surface area contributed by atoms with Crippen molar-refractivity contribution >= 4 is 34.9 Å². The number of ether oxygens (including phenoxy) is 2. The number of aryl methyl sites for hydroxylation is 2. The summed E-state index contributed by atoms with van der Waals surface area (Å²) in [6, 6.07) is 9.37. The van der Waals surface area contributed by atoms with Crippen LogP contribution >= 0.6 is 11.6 Å². The van der Waals surface area contributed by atoms with Gasteiger partial charge in [-0.25, -0.2) is 0 Å². The van der Waals surface area contributed by atoms with E-state index in [0.717, 1.165) is 5.56 Å². The van der Waals surface area contributed by atoms with E-state index >= 15 is 0 Å². The molecule has 2 aromatic rings. The van der Waals surface area contributed by atoms with Crippen molar-refractivity contribution in [3.8, 4) is 5.75 Å². The highest BCUT2D eigenvalue weighted by atomic mass is 35.5. The Morgan fingerprint density at radius 3 is 2.55 bits per heavy atom. The highest BCUT2D eigenvalue weighted by Crippen LogP contribution is 2.22. The molecule has 8 nitrogen and oxygen atoms in total. The molecular formula is C20H21ClN2O6. The summed E-state index contributed by atoms with van der Waals surface area (Å²) in [6.45, 7) is 3.39. The van der Waals surface area contributed by atoms with Crippen LogP contribution in [0.4, 0.5) is 11.4 Å². The maximum atomic E-state index is 11.9. The number of hydrogen-bond acceptors (Lipinski definition) is 6. The smallest absolute Gasteiger partial charge is 0.306 e. The molecule has 9 heteroatoms.